The number of hydrogen-bond acceptors (Lipinski definition) is 2. The first-order valence-corrected chi connectivity index (χ1v) is 6.24. The van der Waals surface area contributed by atoms with E-state index < -0.39 is 0 Å². The normalized spacial score (nSPS) is 10.6. The lowest BCUT2D eigenvalue weighted by Gasteiger charge is -2.20. The van der Waals surface area contributed by atoms with Crippen LogP contribution in [0.3, 0.4) is 0 Å². The number of rotatable bonds is 7. The van der Waals surface area contributed by atoms with Crippen molar-refractivity contribution in [3.8, 4) is 5.75 Å². The molecule has 1 rings (SSSR count). The number of halogens is 1. The summed E-state index contributed by atoms with van der Waals surface area (Å²) < 4.78 is 5.64. The van der Waals surface area contributed by atoms with Crippen LogP contribution in [0.5, 0.6) is 5.75 Å². The van der Waals surface area contributed by atoms with E-state index in [1.165, 1.54) is 5.57 Å². The maximum Gasteiger partial charge on any atom is 0.120 e. The molecule has 1 aromatic rings. The molecule has 0 heterocycles. The third kappa shape index (κ3) is 5.76. The summed E-state index contributed by atoms with van der Waals surface area (Å²) >= 11 is 5.88. The molecule has 0 amide bonds. The van der Waals surface area contributed by atoms with Crippen LogP contribution < -0.4 is 4.74 Å². The summed E-state index contributed by atoms with van der Waals surface area (Å²) in [7, 11) is 0. The van der Waals surface area contributed by atoms with Gasteiger partial charge in [0, 0.05) is 18.1 Å². The topological polar surface area (TPSA) is 12.5 Å². The van der Waals surface area contributed by atoms with Gasteiger partial charge < -0.3 is 4.74 Å². The molecule has 0 unspecified atom stereocenters. The summed E-state index contributed by atoms with van der Waals surface area (Å²) in [5.41, 5.74) is 1.18. The van der Waals surface area contributed by atoms with Crippen molar-refractivity contribution < 1.29 is 4.74 Å². The molecule has 0 fully saturated rings. The van der Waals surface area contributed by atoms with Gasteiger partial charge in [0.05, 0.1) is 0 Å². The highest BCUT2D eigenvalue weighted by Crippen LogP contribution is 2.16. The van der Waals surface area contributed by atoms with Crippen LogP contribution >= 0.6 is 11.6 Å². The lowest BCUT2D eigenvalue weighted by atomic mass is 10.3. The molecule has 1 aromatic carbocycles. The number of likely N-dealkylation sites (N-methyl/N-ethyl adjacent to an activating group) is 1. The van der Waals surface area contributed by atoms with Crippen molar-refractivity contribution in [1.82, 2.24) is 4.90 Å². The van der Waals surface area contributed by atoms with Crippen molar-refractivity contribution in [1.29, 1.82) is 0 Å². The number of nitrogens with zero attached hydrogens (tertiary/aromatic N) is 1. The largest absolute Gasteiger partial charge is 0.492 e. The van der Waals surface area contributed by atoms with Crippen LogP contribution in [0.15, 0.2) is 36.4 Å². The Hall–Kier alpha value is -0.990. The Morgan fingerprint density at radius 1 is 1.47 bits per heavy atom. The summed E-state index contributed by atoms with van der Waals surface area (Å²) in [6, 6.07) is 7.48. The predicted octanol–water partition coefficient (Wildman–Crippen LogP) is 3.62. The third-order valence-electron chi connectivity index (χ3n) is 2.41. The van der Waals surface area contributed by atoms with Gasteiger partial charge in [-0.05, 0) is 31.7 Å². The molecule has 0 bridgehead atoms. The first kappa shape index (κ1) is 14.1. The molecular weight excluding hydrogens is 234 g/mol. The van der Waals surface area contributed by atoms with Gasteiger partial charge in [0.25, 0.3) is 0 Å². The third-order valence-corrected chi connectivity index (χ3v) is 2.65. The molecule has 0 aliphatic carbocycles. The van der Waals surface area contributed by atoms with Crippen molar-refractivity contribution >= 4 is 11.6 Å². The van der Waals surface area contributed by atoms with E-state index in [-0.39, 0.29) is 0 Å². The highest BCUT2D eigenvalue weighted by Gasteiger charge is 2.02. The lowest BCUT2D eigenvalue weighted by molar-refractivity contribution is 0.227. The van der Waals surface area contributed by atoms with Gasteiger partial charge in [0.15, 0.2) is 0 Å². The van der Waals surface area contributed by atoms with Crippen molar-refractivity contribution in [3.05, 3.63) is 41.4 Å². The monoisotopic (exact) mass is 253 g/mol. The zero-order chi connectivity index (χ0) is 12.7. The molecule has 0 N–H and O–H groups in total. The minimum absolute atomic E-state index is 0.668. The average Bonchev–Trinajstić information content (AvgIpc) is 2.27. The van der Waals surface area contributed by atoms with Crippen molar-refractivity contribution in [2.45, 2.75) is 13.8 Å². The number of hydrogen-bond donors (Lipinski definition) is 0. The fourth-order valence-corrected chi connectivity index (χ4v) is 1.76. The van der Waals surface area contributed by atoms with E-state index in [1.807, 2.05) is 31.2 Å². The molecule has 94 valence electrons. The van der Waals surface area contributed by atoms with Crippen molar-refractivity contribution in [3.63, 3.8) is 0 Å². The molecule has 0 spiro atoms. The zero-order valence-corrected chi connectivity index (χ0v) is 11.3. The van der Waals surface area contributed by atoms with Gasteiger partial charge in [-0.1, -0.05) is 36.7 Å². The number of ether oxygens (including phenoxy) is 1. The summed E-state index contributed by atoms with van der Waals surface area (Å²) in [6.07, 6.45) is 0. The van der Waals surface area contributed by atoms with E-state index in [0.717, 1.165) is 25.4 Å². The summed E-state index contributed by atoms with van der Waals surface area (Å²) in [6.45, 7) is 11.6. The number of benzene rings is 1. The fraction of sp³-hybridized carbons (Fsp3) is 0.429. The van der Waals surface area contributed by atoms with E-state index in [1.54, 1.807) is 0 Å². The predicted molar refractivity (Wildman–Crippen MR) is 73.9 cm³/mol. The maximum atomic E-state index is 5.88. The van der Waals surface area contributed by atoms with Gasteiger partial charge in [-0.25, -0.2) is 0 Å². The maximum absolute atomic E-state index is 5.88. The Labute approximate surface area is 109 Å². The van der Waals surface area contributed by atoms with Crippen molar-refractivity contribution in [2.24, 2.45) is 0 Å². The zero-order valence-electron chi connectivity index (χ0n) is 10.6. The molecule has 0 atom stereocenters. The Bertz CT molecular complexity index is 365. The molecule has 2 nitrogen and oxygen atoms in total. The molecule has 0 aromatic heterocycles. The van der Waals surface area contributed by atoms with E-state index in [4.69, 9.17) is 16.3 Å². The molecule has 17 heavy (non-hydrogen) atoms. The van der Waals surface area contributed by atoms with Crippen LogP contribution in [0.2, 0.25) is 5.02 Å². The quantitative estimate of drug-likeness (QED) is 0.689. The lowest BCUT2D eigenvalue weighted by Crippen LogP contribution is -2.29. The van der Waals surface area contributed by atoms with Crippen LogP contribution in [0, 0.1) is 0 Å². The molecule has 0 radical (unpaired) electrons. The summed E-state index contributed by atoms with van der Waals surface area (Å²) in [5, 5.41) is 0.705. The highest BCUT2D eigenvalue weighted by molar-refractivity contribution is 6.30. The minimum atomic E-state index is 0.668. The summed E-state index contributed by atoms with van der Waals surface area (Å²) in [4.78, 5) is 2.30. The first-order valence-electron chi connectivity index (χ1n) is 5.87. The first-order chi connectivity index (χ1) is 8.11. The van der Waals surface area contributed by atoms with Crippen LogP contribution in [-0.2, 0) is 0 Å². The molecule has 0 saturated carbocycles. The summed E-state index contributed by atoms with van der Waals surface area (Å²) in [5.74, 6) is 0.823. The van der Waals surface area contributed by atoms with Gasteiger partial charge in [-0.2, -0.15) is 0 Å². The van der Waals surface area contributed by atoms with Gasteiger partial charge in [0.1, 0.15) is 12.4 Å². The standard InChI is InChI=1S/C14H20ClNO/c1-4-16(11-12(2)3)8-9-17-14-7-5-6-13(15)10-14/h5-7,10H,2,4,8-9,11H2,1,3H3. The molecule has 3 heteroatoms. The van der Waals surface area contributed by atoms with E-state index in [9.17, 15) is 0 Å². The molecule has 0 aliphatic heterocycles. The van der Waals surface area contributed by atoms with Gasteiger partial charge >= 0.3 is 0 Å². The van der Waals surface area contributed by atoms with E-state index in [0.29, 0.717) is 11.6 Å². The fourth-order valence-electron chi connectivity index (χ4n) is 1.58. The van der Waals surface area contributed by atoms with Gasteiger partial charge in [-0.15, -0.1) is 0 Å². The second kappa shape index (κ2) is 7.36. The van der Waals surface area contributed by atoms with Crippen LogP contribution in [-0.4, -0.2) is 31.1 Å². The second-order valence-corrected chi connectivity index (χ2v) is 4.57. The van der Waals surface area contributed by atoms with Gasteiger partial charge in [0.2, 0.25) is 0 Å². The average molecular weight is 254 g/mol. The highest BCUT2D eigenvalue weighted by atomic mass is 35.5. The van der Waals surface area contributed by atoms with Crippen LogP contribution in [0.1, 0.15) is 13.8 Å². The van der Waals surface area contributed by atoms with Gasteiger partial charge in [-0.3, -0.25) is 4.90 Å². The minimum Gasteiger partial charge on any atom is -0.492 e. The Balaban J connectivity index is 2.33. The van der Waals surface area contributed by atoms with E-state index >= 15 is 0 Å². The van der Waals surface area contributed by atoms with Crippen LogP contribution in [0.4, 0.5) is 0 Å². The smallest absolute Gasteiger partial charge is 0.120 e. The second-order valence-electron chi connectivity index (χ2n) is 4.13. The van der Waals surface area contributed by atoms with Crippen LogP contribution in [0.25, 0.3) is 0 Å². The molecule has 0 aliphatic rings. The van der Waals surface area contributed by atoms with E-state index in [2.05, 4.69) is 18.4 Å². The molecule has 0 saturated heterocycles. The molecular formula is C14H20ClNO. The Morgan fingerprint density at radius 3 is 2.82 bits per heavy atom. The SMILES string of the molecule is C=C(C)CN(CC)CCOc1cccc(Cl)c1. The Kier molecular flexibility index (Phi) is 6.09. The Morgan fingerprint density at radius 2 is 2.24 bits per heavy atom. The van der Waals surface area contributed by atoms with Crippen molar-refractivity contribution in [2.75, 3.05) is 26.2 Å².